The maximum absolute atomic E-state index is 12.7. The highest BCUT2D eigenvalue weighted by atomic mass is 16.5. The van der Waals surface area contributed by atoms with Gasteiger partial charge in [0, 0.05) is 23.2 Å². The molecule has 0 spiro atoms. The van der Waals surface area contributed by atoms with Crippen LogP contribution in [0.2, 0.25) is 0 Å². The molecule has 1 N–H and O–H groups in total. The predicted octanol–water partition coefficient (Wildman–Crippen LogP) is 2.27. The molecular formula is C16H11NO3. The average Bonchev–Trinajstić information content (AvgIpc) is 2.51. The van der Waals surface area contributed by atoms with Crippen LogP contribution in [-0.4, -0.2) is 24.7 Å². The highest BCUT2D eigenvalue weighted by Gasteiger charge is 2.33. The fourth-order valence-electron chi connectivity index (χ4n) is 2.78. The van der Waals surface area contributed by atoms with Crippen molar-refractivity contribution < 1.29 is 14.3 Å². The molecule has 0 aromatic heterocycles. The van der Waals surface area contributed by atoms with Crippen molar-refractivity contribution >= 4 is 17.3 Å². The van der Waals surface area contributed by atoms with Crippen molar-refractivity contribution in [2.45, 2.75) is 0 Å². The third-order valence-corrected chi connectivity index (χ3v) is 3.71. The first-order valence-electron chi connectivity index (χ1n) is 6.49. The molecule has 0 amide bonds. The van der Waals surface area contributed by atoms with E-state index in [4.69, 9.17) is 4.74 Å². The van der Waals surface area contributed by atoms with Crippen LogP contribution < -0.4 is 10.1 Å². The van der Waals surface area contributed by atoms with Crippen LogP contribution in [0.4, 0.5) is 5.69 Å². The quantitative estimate of drug-likeness (QED) is 0.677. The molecule has 0 saturated heterocycles. The number of rotatable bonds is 0. The van der Waals surface area contributed by atoms with Gasteiger partial charge in [0.25, 0.3) is 0 Å². The van der Waals surface area contributed by atoms with E-state index in [-0.39, 0.29) is 11.6 Å². The molecule has 1 aliphatic carbocycles. The van der Waals surface area contributed by atoms with E-state index >= 15 is 0 Å². The Labute approximate surface area is 115 Å². The third kappa shape index (κ3) is 1.36. The van der Waals surface area contributed by atoms with Crippen molar-refractivity contribution in [2.75, 3.05) is 18.5 Å². The number of benzene rings is 2. The monoisotopic (exact) mass is 265 g/mol. The summed E-state index contributed by atoms with van der Waals surface area (Å²) in [6.45, 7) is 1.19. The Morgan fingerprint density at radius 2 is 1.65 bits per heavy atom. The Morgan fingerprint density at radius 1 is 0.900 bits per heavy atom. The molecule has 2 aliphatic rings. The van der Waals surface area contributed by atoms with E-state index in [2.05, 4.69) is 5.32 Å². The Balaban J connectivity index is 2.02. The van der Waals surface area contributed by atoms with E-state index in [9.17, 15) is 9.59 Å². The predicted molar refractivity (Wildman–Crippen MR) is 73.7 cm³/mol. The molecule has 1 heterocycles. The van der Waals surface area contributed by atoms with Crippen LogP contribution in [0.15, 0.2) is 36.4 Å². The fourth-order valence-corrected chi connectivity index (χ4v) is 2.78. The fraction of sp³-hybridized carbons (Fsp3) is 0.125. The summed E-state index contributed by atoms with van der Waals surface area (Å²) in [6.07, 6.45) is 0. The molecule has 0 saturated carbocycles. The van der Waals surface area contributed by atoms with Gasteiger partial charge in [0.2, 0.25) is 0 Å². The molecule has 0 unspecified atom stereocenters. The number of hydrogen-bond acceptors (Lipinski definition) is 4. The van der Waals surface area contributed by atoms with Crippen molar-refractivity contribution in [2.24, 2.45) is 0 Å². The summed E-state index contributed by atoms with van der Waals surface area (Å²) in [5.74, 6) is 0.240. The van der Waals surface area contributed by atoms with Crippen LogP contribution in [0.25, 0.3) is 0 Å². The lowest BCUT2D eigenvalue weighted by atomic mass is 9.83. The molecule has 2 aromatic carbocycles. The highest BCUT2D eigenvalue weighted by molar-refractivity contribution is 6.29. The minimum atomic E-state index is -0.143. The van der Waals surface area contributed by atoms with Gasteiger partial charge < -0.3 is 10.1 Å². The van der Waals surface area contributed by atoms with Gasteiger partial charge in [-0.25, -0.2) is 0 Å². The highest BCUT2D eigenvalue weighted by Crippen LogP contribution is 2.39. The number of nitrogens with one attached hydrogen (secondary N) is 1. The topological polar surface area (TPSA) is 55.4 Å². The maximum atomic E-state index is 12.7. The lowest BCUT2D eigenvalue weighted by Gasteiger charge is -2.25. The zero-order chi connectivity index (χ0) is 13.7. The lowest BCUT2D eigenvalue weighted by Crippen LogP contribution is -2.26. The van der Waals surface area contributed by atoms with Crippen LogP contribution in [-0.2, 0) is 0 Å². The van der Waals surface area contributed by atoms with Gasteiger partial charge in [-0.15, -0.1) is 0 Å². The van der Waals surface area contributed by atoms with E-state index in [1.165, 1.54) is 0 Å². The number of fused-ring (bicyclic) bond motifs is 4. The van der Waals surface area contributed by atoms with Gasteiger partial charge in [-0.1, -0.05) is 24.3 Å². The molecule has 4 nitrogen and oxygen atoms in total. The first-order chi connectivity index (χ1) is 9.77. The second-order valence-corrected chi connectivity index (χ2v) is 4.84. The van der Waals surface area contributed by atoms with Crippen molar-refractivity contribution in [1.29, 1.82) is 0 Å². The minimum Gasteiger partial charge on any atom is -0.489 e. The van der Waals surface area contributed by atoms with Crippen LogP contribution >= 0.6 is 0 Å². The van der Waals surface area contributed by atoms with E-state index in [0.717, 1.165) is 5.69 Å². The third-order valence-electron chi connectivity index (χ3n) is 3.71. The first kappa shape index (κ1) is 11.2. The van der Waals surface area contributed by atoms with Crippen LogP contribution in [0, 0.1) is 0 Å². The molecule has 1 aliphatic heterocycles. The SMILES string of the molecule is O=C1c2ccccc2C(=O)c2c1ccc1c2OCCN1. The number of hydrogen-bond donors (Lipinski definition) is 1. The largest absolute Gasteiger partial charge is 0.489 e. The van der Waals surface area contributed by atoms with Gasteiger partial charge >= 0.3 is 0 Å². The molecule has 4 rings (SSSR count). The Bertz CT molecular complexity index is 764. The Morgan fingerprint density at radius 3 is 2.45 bits per heavy atom. The second kappa shape index (κ2) is 3.93. The van der Waals surface area contributed by atoms with Gasteiger partial charge in [0.1, 0.15) is 6.61 Å². The van der Waals surface area contributed by atoms with Crippen LogP contribution in [0.1, 0.15) is 31.8 Å². The molecular weight excluding hydrogens is 254 g/mol. The lowest BCUT2D eigenvalue weighted by molar-refractivity contribution is 0.0975. The zero-order valence-corrected chi connectivity index (χ0v) is 10.6. The Hall–Kier alpha value is -2.62. The number of anilines is 1. The summed E-state index contributed by atoms with van der Waals surface area (Å²) >= 11 is 0. The summed E-state index contributed by atoms with van der Waals surface area (Å²) in [6, 6.07) is 10.4. The van der Waals surface area contributed by atoms with Gasteiger partial charge in [0.05, 0.1) is 11.3 Å². The molecule has 0 fully saturated rings. The molecule has 0 bridgehead atoms. The van der Waals surface area contributed by atoms with E-state index in [0.29, 0.717) is 41.2 Å². The summed E-state index contributed by atoms with van der Waals surface area (Å²) in [4.78, 5) is 25.2. The molecule has 2 aromatic rings. The molecule has 20 heavy (non-hydrogen) atoms. The second-order valence-electron chi connectivity index (χ2n) is 4.84. The number of carbonyl (C=O) groups excluding carboxylic acids is 2. The van der Waals surface area contributed by atoms with Gasteiger partial charge in [-0.3, -0.25) is 9.59 Å². The van der Waals surface area contributed by atoms with Gasteiger partial charge in [-0.05, 0) is 12.1 Å². The smallest absolute Gasteiger partial charge is 0.198 e. The van der Waals surface area contributed by atoms with Crippen molar-refractivity contribution in [3.63, 3.8) is 0 Å². The standard InChI is InChI=1S/C16H11NO3/c18-14-9-3-1-2-4-10(9)15(19)13-11(14)5-6-12-16(13)20-8-7-17-12/h1-6,17H,7-8H2. The van der Waals surface area contributed by atoms with E-state index in [1.54, 1.807) is 36.4 Å². The number of ether oxygens (including phenoxy) is 1. The van der Waals surface area contributed by atoms with Gasteiger partial charge in [0.15, 0.2) is 17.3 Å². The van der Waals surface area contributed by atoms with Crippen LogP contribution in [0.5, 0.6) is 5.75 Å². The van der Waals surface area contributed by atoms with Crippen molar-refractivity contribution in [3.05, 3.63) is 58.7 Å². The molecule has 0 radical (unpaired) electrons. The summed E-state index contributed by atoms with van der Waals surface area (Å²) in [5.41, 5.74) is 2.51. The number of ketones is 2. The maximum Gasteiger partial charge on any atom is 0.198 e. The van der Waals surface area contributed by atoms with E-state index in [1.807, 2.05) is 0 Å². The number of carbonyl (C=O) groups is 2. The summed E-state index contributed by atoms with van der Waals surface area (Å²) in [5, 5.41) is 3.18. The van der Waals surface area contributed by atoms with Crippen molar-refractivity contribution in [1.82, 2.24) is 0 Å². The first-order valence-corrected chi connectivity index (χ1v) is 6.49. The molecule has 0 atom stereocenters. The Kier molecular flexibility index (Phi) is 2.21. The summed E-state index contributed by atoms with van der Waals surface area (Å²) in [7, 11) is 0. The minimum absolute atomic E-state index is 0.118. The normalized spacial score (nSPS) is 15.6. The molecule has 4 heteroatoms. The summed E-state index contributed by atoms with van der Waals surface area (Å²) < 4.78 is 5.62. The van der Waals surface area contributed by atoms with Crippen LogP contribution in [0.3, 0.4) is 0 Å². The average molecular weight is 265 g/mol. The van der Waals surface area contributed by atoms with Gasteiger partial charge in [-0.2, -0.15) is 0 Å². The molecule has 98 valence electrons. The van der Waals surface area contributed by atoms with E-state index < -0.39 is 0 Å². The zero-order valence-electron chi connectivity index (χ0n) is 10.6. The van der Waals surface area contributed by atoms with Crippen molar-refractivity contribution in [3.8, 4) is 5.75 Å².